The first-order valence-electron chi connectivity index (χ1n) is 10.6. The Morgan fingerprint density at radius 2 is 1.38 bits per heavy atom. The summed E-state index contributed by atoms with van der Waals surface area (Å²) in [6, 6.07) is 23.9. The Hall–Kier alpha value is -3.93. The lowest BCUT2D eigenvalue weighted by atomic mass is 9.79. The quantitative estimate of drug-likeness (QED) is 0.440. The number of hydrogen-bond donors (Lipinski definition) is 0. The molecule has 0 aliphatic carbocycles. The Labute approximate surface area is 186 Å². The summed E-state index contributed by atoms with van der Waals surface area (Å²) in [6.07, 6.45) is 0.407. The first kappa shape index (κ1) is 20.0. The van der Waals surface area contributed by atoms with Gasteiger partial charge in [0, 0.05) is 12.2 Å². The van der Waals surface area contributed by atoms with Crippen molar-refractivity contribution in [1.82, 2.24) is 4.90 Å². The third-order valence-corrected chi connectivity index (χ3v) is 6.25. The molecule has 0 saturated carbocycles. The van der Waals surface area contributed by atoms with E-state index in [2.05, 4.69) is 0 Å². The van der Waals surface area contributed by atoms with Crippen LogP contribution >= 0.6 is 0 Å². The van der Waals surface area contributed by atoms with Gasteiger partial charge in [-0.15, -0.1) is 0 Å². The lowest BCUT2D eigenvalue weighted by Crippen LogP contribution is -2.56. The van der Waals surface area contributed by atoms with E-state index in [9.17, 15) is 14.4 Å². The molecule has 1 saturated heterocycles. The molecule has 2 aliphatic rings. The van der Waals surface area contributed by atoms with Gasteiger partial charge in [0.2, 0.25) is 5.91 Å². The van der Waals surface area contributed by atoms with Crippen LogP contribution in [0.15, 0.2) is 78.9 Å². The van der Waals surface area contributed by atoms with Crippen LogP contribution in [-0.4, -0.2) is 36.3 Å². The van der Waals surface area contributed by atoms with E-state index < -0.39 is 0 Å². The van der Waals surface area contributed by atoms with Crippen molar-refractivity contribution in [3.63, 3.8) is 0 Å². The van der Waals surface area contributed by atoms with Crippen LogP contribution in [0.4, 0.5) is 5.69 Å². The summed E-state index contributed by atoms with van der Waals surface area (Å²) in [5.41, 5.74) is 2.67. The molecule has 0 aromatic heterocycles. The monoisotopic (exact) mass is 426 g/mol. The smallest absolute Gasteiger partial charge is 0.261 e. The molecule has 2 atom stereocenters. The minimum atomic E-state index is -0.326. The predicted molar refractivity (Wildman–Crippen MR) is 120 cm³/mol. The molecule has 6 nitrogen and oxygen atoms in total. The van der Waals surface area contributed by atoms with Crippen molar-refractivity contribution in [3.05, 3.63) is 95.6 Å². The molecule has 0 spiro atoms. The summed E-state index contributed by atoms with van der Waals surface area (Å²) in [5.74, 6) is -0.175. The van der Waals surface area contributed by atoms with Crippen LogP contribution in [0.3, 0.4) is 0 Å². The van der Waals surface area contributed by atoms with Crippen molar-refractivity contribution < 1.29 is 19.1 Å². The summed E-state index contributed by atoms with van der Waals surface area (Å²) in [7, 11) is 1.61. The maximum absolute atomic E-state index is 13.2. The molecule has 160 valence electrons. The number of fused-ring (bicyclic) bond motifs is 1. The molecule has 5 rings (SSSR count). The SMILES string of the molecule is COc1ccc([C@@H]2[C@@H](CCN3C(=O)c4ccccc4C3=O)C(=O)N2c2ccccc2)cc1. The molecule has 0 unspecified atom stereocenters. The van der Waals surface area contributed by atoms with Gasteiger partial charge in [0.15, 0.2) is 0 Å². The lowest BCUT2D eigenvalue weighted by Gasteiger charge is -2.48. The van der Waals surface area contributed by atoms with Crippen LogP contribution < -0.4 is 9.64 Å². The average molecular weight is 426 g/mol. The van der Waals surface area contributed by atoms with Gasteiger partial charge in [-0.1, -0.05) is 42.5 Å². The van der Waals surface area contributed by atoms with Crippen molar-refractivity contribution >= 4 is 23.4 Å². The number of para-hydroxylation sites is 1. The van der Waals surface area contributed by atoms with Crippen LogP contribution in [0.2, 0.25) is 0 Å². The second kappa shape index (κ2) is 7.96. The molecular weight excluding hydrogens is 404 g/mol. The van der Waals surface area contributed by atoms with Crippen LogP contribution in [0.1, 0.15) is 38.7 Å². The maximum Gasteiger partial charge on any atom is 0.261 e. The summed E-state index contributed by atoms with van der Waals surface area (Å²) in [4.78, 5) is 41.6. The Kier molecular flexibility index (Phi) is 4.98. The average Bonchev–Trinajstić information content (AvgIpc) is 3.08. The minimum absolute atomic E-state index is 0.00590. The normalized spacial score (nSPS) is 19.7. The van der Waals surface area contributed by atoms with Crippen molar-refractivity contribution in [2.45, 2.75) is 12.5 Å². The van der Waals surface area contributed by atoms with Crippen molar-refractivity contribution in [2.75, 3.05) is 18.6 Å². The Morgan fingerprint density at radius 1 is 0.781 bits per heavy atom. The van der Waals surface area contributed by atoms with E-state index in [-0.39, 0.29) is 36.2 Å². The van der Waals surface area contributed by atoms with Crippen molar-refractivity contribution in [3.8, 4) is 5.75 Å². The van der Waals surface area contributed by atoms with Crippen molar-refractivity contribution in [1.29, 1.82) is 0 Å². The molecule has 2 aliphatic heterocycles. The van der Waals surface area contributed by atoms with Gasteiger partial charge >= 0.3 is 0 Å². The molecule has 1 fully saturated rings. The zero-order valence-corrected chi connectivity index (χ0v) is 17.6. The van der Waals surface area contributed by atoms with E-state index in [1.165, 1.54) is 4.90 Å². The van der Waals surface area contributed by atoms with Crippen LogP contribution in [0.5, 0.6) is 5.75 Å². The van der Waals surface area contributed by atoms with Gasteiger partial charge in [-0.3, -0.25) is 19.3 Å². The number of anilines is 1. The molecule has 3 aromatic rings. The van der Waals surface area contributed by atoms with Gasteiger partial charge in [-0.2, -0.15) is 0 Å². The number of hydrogen-bond acceptors (Lipinski definition) is 4. The highest BCUT2D eigenvalue weighted by Gasteiger charge is 2.49. The highest BCUT2D eigenvalue weighted by molar-refractivity contribution is 6.21. The fourth-order valence-electron chi connectivity index (χ4n) is 4.60. The topological polar surface area (TPSA) is 66.9 Å². The van der Waals surface area contributed by atoms with Gasteiger partial charge in [0.1, 0.15) is 5.75 Å². The Balaban J connectivity index is 1.39. The summed E-state index contributed by atoms with van der Waals surface area (Å²) < 4.78 is 5.27. The third kappa shape index (κ3) is 3.15. The number of rotatable bonds is 6. The largest absolute Gasteiger partial charge is 0.497 e. The lowest BCUT2D eigenvalue weighted by molar-refractivity contribution is -0.130. The minimum Gasteiger partial charge on any atom is -0.497 e. The molecule has 3 aromatic carbocycles. The number of imide groups is 1. The van der Waals surface area contributed by atoms with E-state index in [4.69, 9.17) is 4.74 Å². The van der Waals surface area contributed by atoms with Gasteiger partial charge in [-0.25, -0.2) is 0 Å². The number of benzene rings is 3. The Bertz CT molecular complexity index is 1150. The molecule has 0 bridgehead atoms. The molecule has 0 N–H and O–H groups in total. The van der Waals surface area contributed by atoms with Crippen molar-refractivity contribution in [2.24, 2.45) is 5.92 Å². The molecule has 32 heavy (non-hydrogen) atoms. The number of nitrogens with zero attached hydrogens (tertiary/aromatic N) is 2. The highest BCUT2D eigenvalue weighted by atomic mass is 16.5. The van der Waals surface area contributed by atoms with E-state index in [1.54, 1.807) is 36.3 Å². The molecule has 3 amide bonds. The second-order valence-electron chi connectivity index (χ2n) is 7.96. The van der Waals surface area contributed by atoms with Crippen LogP contribution in [0.25, 0.3) is 0 Å². The maximum atomic E-state index is 13.2. The molecule has 6 heteroatoms. The number of ether oxygens (including phenoxy) is 1. The second-order valence-corrected chi connectivity index (χ2v) is 7.96. The van der Waals surface area contributed by atoms with E-state index >= 15 is 0 Å². The standard InChI is InChI=1S/C26H22N2O4/c1-32-19-13-11-17(12-14-19)23-22(26(31)28(23)18-7-3-2-4-8-18)15-16-27-24(29)20-9-5-6-10-21(20)25(27)30/h2-14,22-23H,15-16H2,1H3/t22-,23-/m1/s1. The fraction of sp³-hybridized carbons (Fsp3) is 0.192. The van der Waals surface area contributed by atoms with Gasteiger partial charge in [0.05, 0.1) is 30.2 Å². The number of amides is 3. The molecule has 2 heterocycles. The number of β-lactam (4-membered cyclic amide) rings is 1. The number of carbonyl (C=O) groups is 3. The molecular formula is C26H22N2O4. The summed E-state index contributed by atoms with van der Waals surface area (Å²) in [6.45, 7) is 0.206. The predicted octanol–water partition coefficient (Wildman–Crippen LogP) is 4.09. The summed E-state index contributed by atoms with van der Waals surface area (Å²) >= 11 is 0. The first-order chi connectivity index (χ1) is 15.6. The zero-order valence-electron chi connectivity index (χ0n) is 17.6. The highest BCUT2D eigenvalue weighted by Crippen LogP contribution is 2.45. The third-order valence-electron chi connectivity index (χ3n) is 6.25. The van der Waals surface area contributed by atoms with E-state index in [0.717, 1.165) is 17.0 Å². The van der Waals surface area contributed by atoms with Gasteiger partial charge in [-0.05, 0) is 48.4 Å². The number of methoxy groups -OCH3 is 1. The van der Waals surface area contributed by atoms with E-state index in [0.29, 0.717) is 17.5 Å². The van der Waals surface area contributed by atoms with Gasteiger partial charge in [0.25, 0.3) is 11.8 Å². The van der Waals surface area contributed by atoms with Crippen LogP contribution in [0, 0.1) is 5.92 Å². The number of carbonyl (C=O) groups excluding carboxylic acids is 3. The van der Waals surface area contributed by atoms with E-state index in [1.807, 2.05) is 54.6 Å². The summed E-state index contributed by atoms with van der Waals surface area (Å²) in [5, 5.41) is 0. The first-order valence-corrected chi connectivity index (χ1v) is 10.6. The fourth-order valence-corrected chi connectivity index (χ4v) is 4.60. The Morgan fingerprint density at radius 3 is 1.97 bits per heavy atom. The van der Waals surface area contributed by atoms with Crippen LogP contribution in [-0.2, 0) is 4.79 Å². The zero-order chi connectivity index (χ0) is 22.2. The molecule has 0 radical (unpaired) electrons. The van der Waals surface area contributed by atoms with Gasteiger partial charge < -0.3 is 9.64 Å².